The Hall–Kier alpha value is -0.690. The summed E-state index contributed by atoms with van der Waals surface area (Å²) in [6.45, 7) is 6.47. The zero-order chi connectivity index (χ0) is 13.2. The van der Waals surface area contributed by atoms with Crippen molar-refractivity contribution in [3.8, 4) is 0 Å². The summed E-state index contributed by atoms with van der Waals surface area (Å²) in [5.41, 5.74) is 0. The van der Waals surface area contributed by atoms with E-state index in [1.54, 1.807) is 7.11 Å². The van der Waals surface area contributed by atoms with Crippen LogP contribution in [0.4, 0.5) is 0 Å². The number of carbonyl (C=O) groups is 1. The smallest absolute Gasteiger partial charge is 0.300 e. The van der Waals surface area contributed by atoms with Gasteiger partial charge in [0.2, 0.25) is 0 Å². The van der Waals surface area contributed by atoms with Gasteiger partial charge in [-0.25, -0.2) is 0 Å². The standard InChI is InChI=1S/C7H16O3.C2H4O2.CH4O/c1-3-9-6-7-10-5-4-8-2;1-2(3)4;1-2/h3-7H2,1-2H3;1H3,(H,3,4);2H,1H3. The largest absolute Gasteiger partial charge is 0.481 e. The number of aliphatic carboxylic acids is 1. The van der Waals surface area contributed by atoms with Gasteiger partial charge in [-0.15, -0.1) is 0 Å². The number of hydrogen-bond acceptors (Lipinski definition) is 5. The van der Waals surface area contributed by atoms with Crippen molar-refractivity contribution in [2.45, 2.75) is 13.8 Å². The fourth-order valence-corrected chi connectivity index (χ4v) is 0.507. The maximum absolute atomic E-state index is 9.00. The summed E-state index contributed by atoms with van der Waals surface area (Å²) in [6, 6.07) is 0. The Morgan fingerprint density at radius 3 is 1.81 bits per heavy atom. The monoisotopic (exact) mass is 240 g/mol. The number of carboxylic acids is 1. The van der Waals surface area contributed by atoms with Gasteiger partial charge in [0, 0.05) is 27.8 Å². The van der Waals surface area contributed by atoms with Gasteiger partial charge in [0.25, 0.3) is 5.97 Å². The van der Waals surface area contributed by atoms with Gasteiger partial charge in [0.15, 0.2) is 0 Å². The minimum Gasteiger partial charge on any atom is -0.481 e. The maximum Gasteiger partial charge on any atom is 0.300 e. The molecule has 0 rings (SSSR count). The zero-order valence-corrected chi connectivity index (χ0v) is 10.6. The van der Waals surface area contributed by atoms with Gasteiger partial charge in [0.1, 0.15) is 0 Å². The molecule has 0 saturated carbocycles. The van der Waals surface area contributed by atoms with Crippen molar-refractivity contribution in [3.05, 3.63) is 0 Å². The first kappa shape index (κ1) is 20.7. The Bertz CT molecular complexity index is 106. The molecule has 0 amide bonds. The van der Waals surface area contributed by atoms with E-state index in [1.807, 2.05) is 6.92 Å². The van der Waals surface area contributed by atoms with Crippen molar-refractivity contribution in [1.29, 1.82) is 0 Å². The lowest BCUT2D eigenvalue weighted by Crippen LogP contribution is -2.07. The molecule has 0 unspecified atom stereocenters. The molecule has 0 aromatic heterocycles. The van der Waals surface area contributed by atoms with Crippen LogP contribution < -0.4 is 0 Å². The van der Waals surface area contributed by atoms with E-state index in [4.69, 9.17) is 29.2 Å². The van der Waals surface area contributed by atoms with Crippen LogP contribution in [0.5, 0.6) is 0 Å². The molecule has 0 aliphatic rings. The molecule has 6 nitrogen and oxygen atoms in total. The molecule has 0 bridgehead atoms. The number of aliphatic hydroxyl groups is 1. The Morgan fingerprint density at radius 2 is 1.44 bits per heavy atom. The lowest BCUT2D eigenvalue weighted by molar-refractivity contribution is -0.134. The number of carboxylic acid groups (broad SMARTS) is 1. The van der Waals surface area contributed by atoms with Gasteiger partial charge < -0.3 is 24.4 Å². The Morgan fingerprint density at radius 1 is 1.06 bits per heavy atom. The summed E-state index contributed by atoms with van der Waals surface area (Å²) >= 11 is 0. The highest BCUT2D eigenvalue weighted by molar-refractivity contribution is 5.62. The molecule has 0 aliphatic heterocycles. The van der Waals surface area contributed by atoms with Gasteiger partial charge in [0.05, 0.1) is 26.4 Å². The highest BCUT2D eigenvalue weighted by Crippen LogP contribution is 1.77. The molecule has 2 N–H and O–H groups in total. The SMILES string of the molecule is CC(=O)O.CCOCCOCCOC.CO. The minimum absolute atomic E-state index is 0.656. The van der Waals surface area contributed by atoms with Crippen molar-refractivity contribution in [1.82, 2.24) is 0 Å². The van der Waals surface area contributed by atoms with Crippen LogP contribution >= 0.6 is 0 Å². The Labute approximate surface area is 97.1 Å². The molecule has 0 atom stereocenters. The zero-order valence-electron chi connectivity index (χ0n) is 10.6. The van der Waals surface area contributed by atoms with Gasteiger partial charge in [-0.1, -0.05) is 0 Å². The lowest BCUT2D eigenvalue weighted by Gasteiger charge is -2.02. The van der Waals surface area contributed by atoms with Crippen molar-refractivity contribution in [3.63, 3.8) is 0 Å². The lowest BCUT2D eigenvalue weighted by atomic mass is 10.7. The molecule has 0 fully saturated rings. The van der Waals surface area contributed by atoms with E-state index in [0.29, 0.717) is 26.4 Å². The van der Waals surface area contributed by atoms with Crippen LogP contribution in [0.3, 0.4) is 0 Å². The molecule has 0 aromatic rings. The number of methoxy groups -OCH3 is 1. The molecule has 0 aliphatic carbocycles. The van der Waals surface area contributed by atoms with Gasteiger partial charge in [-0.05, 0) is 6.92 Å². The quantitative estimate of drug-likeness (QED) is 0.626. The third-order valence-electron chi connectivity index (χ3n) is 1.01. The second-order valence-electron chi connectivity index (χ2n) is 2.32. The van der Waals surface area contributed by atoms with E-state index >= 15 is 0 Å². The Balaban J connectivity index is -0.000000237. The van der Waals surface area contributed by atoms with Crippen molar-refractivity contribution < 1.29 is 29.2 Å². The predicted molar refractivity (Wildman–Crippen MR) is 60.6 cm³/mol. The average molecular weight is 240 g/mol. The van der Waals surface area contributed by atoms with Gasteiger partial charge in [-0.2, -0.15) is 0 Å². The minimum atomic E-state index is -0.833. The first-order chi connectivity index (χ1) is 7.65. The first-order valence-corrected chi connectivity index (χ1v) is 4.93. The van der Waals surface area contributed by atoms with Gasteiger partial charge in [-0.3, -0.25) is 4.79 Å². The molecule has 0 aromatic carbocycles. The van der Waals surface area contributed by atoms with Crippen LogP contribution in [0.25, 0.3) is 0 Å². The van der Waals surface area contributed by atoms with E-state index in [2.05, 4.69) is 0 Å². The summed E-state index contributed by atoms with van der Waals surface area (Å²) in [6.07, 6.45) is 0. The van der Waals surface area contributed by atoms with Crippen molar-refractivity contribution in [2.75, 3.05) is 47.3 Å². The van der Waals surface area contributed by atoms with E-state index in [0.717, 1.165) is 20.6 Å². The second kappa shape index (κ2) is 23.8. The van der Waals surface area contributed by atoms with Gasteiger partial charge >= 0.3 is 0 Å². The van der Waals surface area contributed by atoms with Crippen LogP contribution in [-0.2, 0) is 19.0 Å². The molecule has 0 spiro atoms. The van der Waals surface area contributed by atoms with E-state index in [9.17, 15) is 0 Å². The molecular weight excluding hydrogens is 216 g/mol. The van der Waals surface area contributed by atoms with Crippen molar-refractivity contribution >= 4 is 5.97 Å². The van der Waals surface area contributed by atoms with E-state index < -0.39 is 5.97 Å². The topological polar surface area (TPSA) is 85.2 Å². The fourth-order valence-electron chi connectivity index (χ4n) is 0.507. The van der Waals surface area contributed by atoms with Crippen LogP contribution in [0.2, 0.25) is 0 Å². The molecule has 0 radical (unpaired) electrons. The van der Waals surface area contributed by atoms with Crippen molar-refractivity contribution in [2.24, 2.45) is 0 Å². The van der Waals surface area contributed by atoms with Crippen LogP contribution in [0.1, 0.15) is 13.8 Å². The summed E-state index contributed by atoms with van der Waals surface area (Å²) < 4.78 is 15.0. The molecule has 6 heteroatoms. The molecule has 0 heterocycles. The fraction of sp³-hybridized carbons (Fsp3) is 0.900. The molecule has 0 saturated heterocycles. The predicted octanol–water partition coefficient (Wildman–Crippen LogP) is 0.385. The van der Waals surface area contributed by atoms with E-state index in [1.165, 1.54) is 0 Å². The summed E-state index contributed by atoms with van der Waals surface area (Å²) in [7, 11) is 2.66. The maximum atomic E-state index is 9.00. The third-order valence-corrected chi connectivity index (χ3v) is 1.01. The molecule has 16 heavy (non-hydrogen) atoms. The number of hydrogen-bond donors (Lipinski definition) is 2. The molecule has 100 valence electrons. The second-order valence-corrected chi connectivity index (χ2v) is 2.32. The number of aliphatic hydroxyl groups excluding tert-OH is 1. The highest BCUT2D eigenvalue weighted by atomic mass is 16.5. The normalized spacial score (nSPS) is 8.31. The average Bonchev–Trinajstić information content (AvgIpc) is 2.25. The third kappa shape index (κ3) is 50.7. The first-order valence-electron chi connectivity index (χ1n) is 4.93. The summed E-state index contributed by atoms with van der Waals surface area (Å²) in [5.74, 6) is -0.833. The number of ether oxygens (including phenoxy) is 3. The summed E-state index contributed by atoms with van der Waals surface area (Å²) in [5, 5.41) is 14.4. The Kier molecular flexibility index (Phi) is 30.8. The van der Waals surface area contributed by atoms with E-state index in [-0.39, 0.29) is 0 Å². The number of rotatable bonds is 7. The summed E-state index contributed by atoms with van der Waals surface area (Å²) in [4.78, 5) is 9.00. The van der Waals surface area contributed by atoms with Crippen LogP contribution in [0, 0.1) is 0 Å². The van der Waals surface area contributed by atoms with Crippen LogP contribution in [-0.4, -0.2) is 63.4 Å². The van der Waals surface area contributed by atoms with Crippen LogP contribution in [0.15, 0.2) is 0 Å². The molecular formula is C10H24O6. The highest BCUT2D eigenvalue weighted by Gasteiger charge is 1.86.